The fourth-order valence-corrected chi connectivity index (χ4v) is 5.28. The van der Waals surface area contributed by atoms with Crippen LogP contribution in [0.15, 0.2) is 29.2 Å². The van der Waals surface area contributed by atoms with Crippen molar-refractivity contribution in [2.45, 2.75) is 49.8 Å². The fourth-order valence-electron chi connectivity index (χ4n) is 3.72. The molecule has 1 aromatic rings. The van der Waals surface area contributed by atoms with Gasteiger partial charge in [0, 0.05) is 19.0 Å². The lowest BCUT2D eigenvalue weighted by Crippen LogP contribution is -2.38. The number of hydrogen-bond acceptors (Lipinski definition) is 6. The van der Waals surface area contributed by atoms with Crippen molar-refractivity contribution in [2.75, 3.05) is 19.7 Å². The number of esters is 1. The summed E-state index contributed by atoms with van der Waals surface area (Å²) in [5.41, 5.74) is 0.0386. The van der Waals surface area contributed by atoms with Gasteiger partial charge in [-0.05, 0) is 43.9 Å². The predicted octanol–water partition coefficient (Wildman–Crippen LogP) is 1.85. The number of benzene rings is 1. The highest BCUT2D eigenvalue weighted by molar-refractivity contribution is 7.89. The largest absolute Gasteiger partial charge is 0.452 e. The molecular weight excluding hydrogens is 396 g/mol. The van der Waals surface area contributed by atoms with Crippen molar-refractivity contribution >= 4 is 27.8 Å². The Kier molecular flexibility index (Phi) is 7.02. The first-order valence-corrected chi connectivity index (χ1v) is 11.4. The van der Waals surface area contributed by atoms with E-state index in [0.29, 0.717) is 13.1 Å². The van der Waals surface area contributed by atoms with Gasteiger partial charge in [-0.1, -0.05) is 25.3 Å². The summed E-state index contributed by atoms with van der Waals surface area (Å²) in [7, 11) is -3.65. The van der Waals surface area contributed by atoms with Crippen molar-refractivity contribution in [3.63, 3.8) is 0 Å². The van der Waals surface area contributed by atoms with Gasteiger partial charge in [-0.3, -0.25) is 14.9 Å². The van der Waals surface area contributed by atoms with Gasteiger partial charge in [0.1, 0.15) is 0 Å². The lowest BCUT2D eigenvalue weighted by Gasteiger charge is -2.20. The average Bonchev–Trinajstić information content (AvgIpc) is 3.28. The van der Waals surface area contributed by atoms with E-state index in [0.717, 1.165) is 44.9 Å². The number of nitrogens with one attached hydrogen (secondary N) is 1. The summed E-state index contributed by atoms with van der Waals surface area (Å²) in [6, 6.07) is 5.57. The summed E-state index contributed by atoms with van der Waals surface area (Å²) in [5, 5.41) is 2.27. The Bertz CT molecular complexity index is 871. The molecular formula is C20H26N2O6S. The smallest absolute Gasteiger partial charge is 0.338 e. The molecule has 1 heterocycles. The maximum absolute atomic E-state index is 12.6. The molecule has 0 atom stereocenters. The van der Waals surface area contributed by atoms with E-state index in [1.54, 1.807) is 0 Å². The second-order valence-corrected chi connectivity index (χ2v) is 9.40. The molecule has 158 valence electrons. The number of amides is 2. The van der Waals surface area contributed by atoms with E-state index >= 15 is 0 Å². The topological polar surface area (TPSA) is 110 Å². The van der Waals surface area contributed by atoms with E-state index in [2.05, 4.69) is 5.32 Å². The first-order valence-electron chi connectivity index (χ1n) is 9.99. The number of imide groups is 1. The van der Waals surface area contributed by atoms with Crippen molar-refractivity contribution in [1.29, 1.82) is 0 Å². The second kappa shape index (κ2) is 9.49. The Labute approximate surface area is 170 Å². The standard InChI is InChI=1S/C20H26N2O6S/c23-18(21-19(24)15-7-2-1-3-8-15)14-28-20(25)16-9-6-10-17(13-16)29(26,27)22-11-4-5-12-22/h6,9-10,13,15H,1-5,7-8,11-12,14H2,(H,21,23,24). The average molecular weight is 423 g/mol. The van der Waals surface area contributed by atoms with Gasteiger partial charge in [0.05, 0.1) is 10.5 Å². The first kappa shape index (κ1) is 21.4. The van der Waals surface area contributed by atoms with Crippen LogP contribution in [0.25, 0.3) is 0 Å². The van der Waals surface area contributed by atoms with Crippen molar-refractivity contribution in [3.8, 4) is 0 Å². The quantitative estimate of drug-likeness (QED) is 0.701. The minimum atomic E-state index is -3.65. The SMILES string of the molecule is O=C(COC(=O)c1cccc(S(=O)(=O)N2CCCC2)c1)NC(=O)C1CCCCC1. The molecule has 0 bridgehead atoms. The van der Waals surface area contributed by atoms with E-state index in [1.807, 2.05) is 0 Å². The molecule has 1 aliphatic carbocycles. The Morgan fingerprint density at radius 2 is 1.72 bits per heavy atom. The predicted molar refractivity (Wildman–Crippen MR) is 104 cm³/mol. The molecule has 1 N–H and O–H groups in total. The third kappa shape index (κ3) is 5.42. The second-order valence-electron chi connectivity index (χ2n) is 7.46. The van der Waals surface area contributed by atoms with Gasteiger partial charge in [-0.25, -0.2) is 13.2 Å². The van der Waals surface area contributed by atoms with Crippen molar-refractivity contribution in [1.82, 2.24) is 9.62 Å². The lowest BCUT2D eigenvalue weighted by molar-refractivity contribution is -0.135. The molecule has 2 aliphatic rings. The van der Waals surface area contributed by atoms with E-state index < -0.39 is 28.5 Å². The maximum Gasteiger partial charge on any atom is 0.338 e. The molecule has 0 aromatic heterocycles. The molecule has 1 saturated carbocycles. The van der Waals surface area contributed by atoms with Crippen LogP contribution in [0, 0.1) is 5.92 Å². The summed E-state index contributed by atoms with van der Waals surface area (Å²) in [6.45, 7) is 0.332. The number of rotatable bonds is 6. The number of sulfonamides is 1. The summed E-state index contributed by atoms with van der Waals surface area (Å²) >= 11 is 0. The molecule has 1 aliphatic heterocycles. The lowest BCUT2D eigenvalue weighted by atomic mass is 9.89. The normalized spacial score (nSPS) is 18.3. The molecule has 2 fully saturated rings. The van der Waals surface area contributed by atoms with Gasteiger partial charge < -0.3 is 4.74 Å². The summed E-state index contributed by atoms with van der Waals surface area (Å²) < 4.78 is 31.6. The fraction of sp³-hybridized carbons (Fsp3) is 0.550. The molecule has 2 amide bonds. The molecule has 3 rings (SSSR count). The molecule has 1 saturated heterocycles. The zero-order chi connectivity index (χ0) is 20.9. The third-order valence-electron chi connectivity index (χ3n) is 5.35. The molecule has 0 unspecified atom stereocenters. The van der Waals surface area contributed by atoms with E-state index in [4.69, 9.17) is 4.74 Å². The van der Waals surface area contributed by atoms with Gasteiger partial charge in [0.15, 0.2) is 6.61 Å². The number of carbonyl (C=O) groups excluding carboxylic acids is 3. The third-order valence-corrected chi connectivity index (χ3v) is 7.24. The van der Waals surface area contributed by atoms with Crippen LogP contribution in [0.1, 0.15) is 55.3 Å². The van der Waals surface area contributed by atoms with Crippen molar-refractivity contribution in [3.05, 3.63) is 29.8 Å². The Morgan fingerprint density at radius 1 is 1.03 bits per heavy atom. The molecule has 0 spiro atoms. The summed E-state index contributed by atoms with van der Waals surface area (Å²) in [5.74, 6) is -2.00. The highest BCUT2D eigenvalue weighted by Gasteiger charge is 2.28. The van der Waals surface area contributed by atoms with Crippen LogP contribution in [0.4, 0.5) is 0 Å². The van der Waals surface area contributed by atoms with Crippen LogP contribution in [-0.4, -0.2) is 50.2 Å². The van der Waals surface area contributed by atoms with Crippen LogP contribution in [0.2, 0.25) is 0 Å². The number of hydrogen-bond donors (Lipinski definition) is 1. The van der Waals surface area contributed by atoms with E-state index in [1.165, 1.54) is 28.6 Å². The molecule has 8 nitrogen and oxygen atoms in total. The highest BCUT2D eigenvalue weighted by Crippen LogP contribution is 2.24. The first-order chi connectivity index (χ1) is 13.9. The zero-order valence-electron chi connectivity index (χ0n) is 16.3. The van der Waals surface area contributed by atoms with E-state index in [-0.39, 0.29) is 22.3 Å². The molecule has 1 aromatic carbocycles. The molecule has 9 heteroatoms. The van der Waals surface area contributed by atoms with Gasteiger partial charge in [0.25, 0.3) is 5.91 Å². The van der Waals surface area contributed by atoms with Crippen LogP contribution < -0.4 is 5.32 Å². The zero-order valence-corrected chi connectivity index (χ0v) is 17.1. The number of ether oxygens (including phenoxy) is 1. The highest BCUT2D eigenvalue weighted by atomic mass is 32.2. The van der Waals surface area contributed by atoms with E-state index in [9.17, 15) is 22.8 Å². The monoisotopic (exact) mass is 422 g/mol. The maximum atomic E-state index is 12.6. The van der Waals surface area contributed by atoms with Crippen LogP contribution in [0.3, 0.4) is 0 Å². The van der Waals surface area contributed by atoms with Gasteiger partial charge in [-0.15, -0.1) is 0 Å². The minimum absolute atomic E-state index is 0.0192. The molecule has 29 heavy (non-hydrogen) atoms. The molecule has 0 radical (unpaired) electrons. The van der Waals surface area contributed by atoms with Gasteiger partial charge in [-0.2, -0.15) is 4.31 Å². The van der Waals surface area contributed by atoms with Crippen molar-refractivity contribution < 1.29 is 27.5 Å². The van der Waals surface area contributed by atoms with Crippen LogP contribution in [0.5, 0.6) is 0 Å². The summed E-state index contributed by atoms with van der Waals surface area (Å²) in [6.07, 6.45) is 6.19. The number of carbonyl (C=O) groups is 3. The Balaban J connectivity index is 1.55. The van der Waals surface area contributed by atoms with Gasteiger partial charge in [0.2, 0.25) is 15.9 Å². The Morgan fingerprint density at radius 3 is 2.41 bits per heavy atom. The van der Waals surface area contributed by atoms with Gasteiger partial charge >= 0.3 is 5.97 Å². The van der Waals surface area contributed by atoms with Crippen LogP contribution in [-0.2, 0) is 24.3 Å². The van der Waals surface area contributed by atoms with Crippen LogP contribution >= 0.6 is 0 Å². The minimum Gasteiger partial charge on any atom is -0.452 e. The number of nitrogens with zero attached hydrogens (tertiary/aromatic N) is 1. The summed E-state index contributed by atoms with van der Waals surface area (Å²) in [4.78, 5) is 36.2. The van der Waals surface area contributed by atoms with Crippen molar-refractivity contribution in [2.24, 2.45) is 5.92 Å². The Hall–Kier alpha value is -2.26.